The van der Waals surface area contributed by atoms with E-state index in [0.29, 0.717) is 13.0 Å². The number of nitrogens with one attached hydrogen (secondary N) is 1. The van der Waals surface area contributed by atoms with Crippen LogP contribution in [0.4, 0.5) is 0 Å². The number of unbranched alkanes of at least 4 members (excludes halogenated alkanes) is 9. The van der Waals surface area contributed by atoms with Gasteiger partial charge in [0, 0.05) is 13.0 Å². The molecule has 0 saturated heterocycles. The van der Waals surface area contributed by atoms with Gasteiger partial charge in [-0.25, -0.2) is 0 Å². The second-order valence-electron chi connectivity index (χ2n) is 3.83. The van der Waals surface area contributed by atoms with Crippen LogP contribution < -0.4 is 5.73 Å². The average Bonchev–Trinajstić information content (AvgIpc) is 2.21. The second kappa shape index (κ2) is 12.6. The van der Waals surface area contributed by atoms with Crippen LogP contribution in [0, 0.1) is 0 Å². The summed E-state index contributed by atoms with van der Waals surface area (Å²) in [5.41, 5.74) is 6.98. The first-order valence-corrected chi connectivity index (χ1v) is 5.91. The summed E-state index contributed by atoms with van der Waals surface area (Å²) in [6, 6.07) is 0. The lowest BCUT2D eigenvalue weighted by Crippen LogP contribution is -1.86. The largest absolute Gasteiger partial charge is 0.291 e. The zero-order valence-electron chi connectivity index (χ0n) is 9.19. The Morgan fingerprint density at radius 3 is 1.57 bits per heavy atom. The third-order valence-corrected chi connectivity index (χ3v) is 2.46. The summed E-state index contributed by atoms with van der Waals surface area (Å²) in [6.07, 6.45) is 13.5. The van der Waals surface area contributed by atoms with Crippen molar-refractivity contribution < 1.29 is 4.79 Å². The standard InChI is InChI=1S/C12H23NO/c13-11-9-7-5-3-1-2-4-6-8-10-12-14/h13H,1-11H2. The molecule has 0 unspecified atom stereocenters. The van der Waals surface area contributed by atoms with Gasteiger partial charge in [-0.05, 0) is 12.8 Å². The first kappa shape index (κ1) is 13.6. The van der Waals surface area contributed by atoms with Crippen LogP contribution in [-0.4, -0.2) is 12.8 Å². The van der Waals surface area contributed by atoms with Crippen LogP contribution in [0.1, 0.15) is 64.2 Å². The molecule has 82 valence electrons. The van der Waals surface area contributed by atoms with E-state index in [4.69, 9.17) is 5.73 Å². The predicted octanol–water partition coefficient (Wildman–Crippen LogP) is 3.28. The van der Waals surface area contributed by atoms with Gasteiger partial charge in [0.25, 0.3) is 0 Å². The van der Waals surface area contributed by atoms with Gasteiger partial charge in [-0.2, -0.15) is 0 Å². The summed E-state index contributed by atoms with van der Waals surface area (Å²) in [7, 11) is 0. The quantitative estimate of drug-likeness (QED) is 0.469. The van der Waals surface area contributed by atoms with Crippen molar-refractivity contribution in [3.05, 3.63) is 0 Å². The molecule has 0 aromatic carbocycles. The highest BCUT2D eigenvalue weighted by molar-refractivity contribution is 5.50. The van der Waals surface area contributed by atoms with Gasteiger partial charge in [0.2, 0.25) is 0 Å². The first-order valence-electron chi connectivity index (χ1n) is 5.91. The maximum Gasteiger partial charge on any atom is 0.198 e. The Bertz CT molecular complexity index is 115. The summed E-state index contributed by atoms with van der Waals surface area (Å²) >= 11 is 0. The number of hydrogen-bond donors (Lipinski definition) is 0. The van der Waals surface area contributed by atoms with E-state index < -0.39 is 0 Å². The molecule has 0 bridgehead atoms. The monoisotopic (exact) mass is 197 g/mol. The Kier molecular flexibility index (Phi) is 12.3. The third kappa shape index (κ3) is 11.6. The molecule has 0 aliphatic carbocycles. The lowest BCUT2D eigenvalue weighted by atomic mass is 10.1. The fourth-order valence-corrected chi connectivity index (χ4v) is 1.56. The van der Waals surface area contributed by atoms with Gasteiger partial charge >= 0.3 is 0 Å². The van der Waals surface area contributed by atoms with Crippen molar-refractivity contribution in [3.63, 3.8) is 0 Å². The molecule has 0 aromatic heterocycles. The Morgan fingerprint density at radius 1 is 0.714 bits per heavy atom. The molecule has 0 atom stereocenters. The highest BCUT2D eigenvalue weighted by Gasteiger charge is 1.92. The highest BCUT2D eigenvalue weighted by Crippen LogP contribution is 2.09. The Hall–Kier alpha value is -0.370. The van der Waals surface area contributed by atoms with Crippen molar-refractivity contribution in [2.24, 2.45) is 0 Å². The normalized spacial score (nSPS) is 10.4. The van der Waals surface area contributed by atoms with Gasteiger partial charge in [0.1, 0.15) is 0 Å². The van der Waals surface area contributed by atoms with Crippen molar-refractivity contribution in [1.82, 2.24) is 5.73 Å². The zero-order chi connectivity index (χ0) is 10.5. The van der Waals surface area contributed by atoms with Crippen LogP contribution in [0.5, 0.6) is 0 Å². The Balaban J connectivity index is 2.81. The minimum absolute atomic E-state index is 0.586. The van der Waals surface area contributed by atoms with E-state index >= 15 is 0 Å². The molecule has 2 heteroatoms. The lowest BCUT2D eigenvalue weighted by molar-refractivity contribution is 0.537. The lowest BCUT2D eigenvalue weighted by Gasteiger charge is -2.00. The third-order valence-electron chi connectivity index (χ3n) is 2.46. The van der Waals surface area contributed by atoms with Gasteiger partial charge in [-0.3, -0.25) is 10.5 Å². The minimum atomic E-state index is 0.586. The van der Waals surface area contributed by atoms with Crippen molar-refractivity contribution in [1.29, 1.82) is 0 Å². The zero-order valence-corrected chi connectivity index (χ0v) is 9.19. The molecular formula is C12H23NO. The summed E-state index contributed by atoms with van der Waals surface area (Å²) in [5, 5.41) is 0. The molecule has 0 aliphatic rings. The number of rotatable bonds is 11. The second-order valence-corrected chi connectivity index (χ2v) is 3.83. The van der Waals surface area contributed by atoms with Gasteiger partial charge in [0.15, 0.2) is 6.29 Å². The highest BCUT2D eigenvalue weighted by atomic mass is 16.1. The van der Waals surface area contributed by atoms with Gasteiger partial charge in [-0.1, -0.05) is 44.9 Å². The fraction of sp³-hybridized carbons (Fsp3) is 0.917. The molecule has 2 nitrogen and oxygen atoms in total. The molecule has 0 aliphatic heterocycles. The van der Waals surface area contributed by atoms with Crippen molar-refractivity contribution >= 4 is 6.29 Å². The first-order chi connectivity index (χ1) is 6.91. The SMILES string of the molecule is [NH]CCCCCCCCCCC[C]=O. The molecule has 0 rings (SSSR count). The van der Waals surface area contributed by atoms with E-state index in [0.717, 1.165) is 12.8 Å². The number of hydrogen-bond acceptors (Lipinski definition) is 1. The molecule has 0 fully saturated rings. The smallest absolute Gasteiger partial charge is 0.198 e. The molecule has 0 heterocycles. The van der Waals surface area contributed by atoms with E-state index in [1.54, 1.807) is 0 Å². The van der Waals surface area contributed by atoms with Gasteiger partial charge < -0.3 is 0 Å². The molecule has 1 N–H and O–H groups in total. The van der Waals surface area contributed by atoms with E-state index in [1.165, 1.54) is 44.9 Å². The van der Waals surface area contributed by atoms with Crippen LogP contribution in [0.2, 0.25) is 0 Å². The van der Waals surface area contributed by atoms with Crippen LogP contribution in [0.15, 0.2) is 0 Å². The van der Waals surface area contributed by atoms with Crippen molar-refractivity contribution in [2.75, 3.05) is 6.54 Å². The molecule has 2 radical (unpaired) electrons. The summed E-state index contributed by atoms with van der Waals surface area (Å²) < 4.78 is 0. The molecule has 0 aromatic rings. The van der Waals surface area contributed by atoms with Gasteiger partial charge in [-0.15, -0.1) is 0 Å². The van der Waals surface area contributed by atoms with E-state index in [-0.39, 0.29) is 0 Å². The van der Waals surface area contributed by atoms with Crippen LogP contribution >= 0.6 is 0 Å². The summed E-state index contributed by atoms with van der Waals surface area (Å²) in [6.45, 7) is 0.586. The molecule has 0 amide bonds. The van der Waals surface area contributed by atoms with E-state index in [2.05, 4.69) is 0 Å². The van der Waals surface area contributed by atoms with Crippen molar-refractivity contribution in [3.8, 4) is 0 Å². The van der Waals surface area contributed by atoms with Crippen LogP contribution in [0.25, 0.3) is 0 Å². The fourth-order valence-electron chi connectivity index (χ4n) is 1.56. The average molecular weight is 197 g/mol. The Labute approximate surface area is 88.3 Å². The number of carbonyl (C=O) groups excluding carboxylic acids is 1. The minimum Gasteiger partial charge on any atom is -0.291 e. The van der Waals surface area contributed by atoms with Crippen LogP contribution in [-0.2, 0) is 4.79 Å². The van der Waals surface area contributed by atoms with E-state index in [1.807, 2.05) is 6.29 Å². The maximum absolute atomic E-state index is 9.90. The molecule has 0 spiro atoms. The van der Waals surface area contributed by atoms with Crippen molar-refractivity contribution in [2.45, 2.75) is 64.2 Å². The summed E-state index contributed by atoms with van der Waals surface area (Å²) in [5.74, 6) is 0. The molecule has 14 heavy (non-hydrogen) atoms. The maximum atomic E-state index is 9.90. The Morgan fingerprint density at radius 2 is 1.14 bits per heavy atom. The van der Waals surface area contributed by atoms with Crippen LogP contribution in [0.3, 0.4) is 0 Å². The molecular weight excluding hydrogens is 174 g/mol. The molecule has 0 saturated carbocycles. The summed E-state index contributed by atoms with van der Waals surface area (Å²) in [4.78, 5) is 9.90. The van der Waals surface area contributed by atoms with E-state index in [9.17, 15) is 4.79 Å². The predicted molar refractivity (Wildman–Crippen MR) is 59.8 cm³/mol. The topological polar surface area (TPSA) is 40.9 Å². The van der Waals surface area contributed by atoms with Gasteiger partial charge in [0.05, 0.1) is 0 Å².